The molecule has 0 aliphatic carbocycles. The largest absolute Gasteiger partial charge is 0.371 e. The van der Waals surface area contributed by atoms with Crippen molar-refractivity contribution in [1.82, 2.24) is 0 Å². The van der Waals surface area contributed by atoms with Gasteiger partial charge in [-0.1, -0.05) is 31.6 Å². The fourth-order valence-electron chi connectivity index (χ4n) is 2.38. The summed E-state index contributed by atoms with van der Waals surface area (Å²) in [5.74, 6) is 0.0184. The van der Waals surface area contributed by atoms with Crippen molar-refractivity contribution in [2.75, 3.05) is 18.0 Å². The maximum atomic E-state index is 11.8. The molecule has 1 aromatic rings. The number of carbonyl (C=O) groups excluding carboxylic acids is 1. The summed E-state index contributed by atoms with van der Waals surface area (Å²) in [5, 5.41) is 0. The van der Waals surface area contributed by atoms with E-state index in [1.807, 2.05) is 24.3 Å². The van der Waals surface area contributed by atoms with E-state index in [0.29, 0.717) is 0 Å². The van der Waals surface area contributed by atoms with Crippen molar-refractivity contribution in [3.05, 3.63) is 42.5 Å². The Kier molecular flexibility index (Phi) is 3.97. The molecule has 2 nitrogen and oxygen atoms in total. The maximum Gasteiger partial charge on any atom is 0.187 e. The van der Waals surface area contributed by atoms with Gasteiger partial charge in [0.1, 0.15) is 0 Å². The topological polar surface area (TPSA) is 20.3 Å². The van der Waals surface area contributed by atoms with Crippen molar-refractivity contribution >= 4 is 11.5 Å². The molecule has 90 valence electrons. The van der Waals surface area contributed by atoms with E-state index in [1.54, 1.807) is 0 Å². The Morgan fingerprint density at radius 1 is 1.12 bits per heavy atom. The molecule has 17 heavy (non-hydrogen) atoms. The molecule has 1 aliphatic rings. The van der Waals surface area contributed by atoms with E-state index in [9.17, 15) is 4.79 Å². The summed E-state index contributed by atoms with van der Waals surface area (Å²) >= 11 is 0. The maximum absolute atomic E-state index is 11.8. The van der Waals surface area contributed by atoms with Crippen LogP contribution < -0.4 is 4.90 Å². The van der Waals surface area contributed by atoms with Gasteiger partial charge in [0.15, 0.2) is 5.78 Å². The summed E-state index contributed by atoms with van der Waals surface area (Å²) in [5.41, 5.74) is 1.85. The molecular weight excluding hydrogens is 210 g/mol. The second-order valence-electron chi connectivity index (χ2n) is 4.49. The van der Waals surface area contributed by atoms with Gasteiger partial charge in [-0.3, -0.25) is 4.79 Å². The number of nitrogens with zero attached hydrogens (tertiary/aromatic N) is 1. The van der Waals surface area contributed by atoms with Gasteiger partial charge in [-0.25, -0.2) is 0 Å². The molecule has 0 unspecified atom stereocenters. The van der Waals surface area contributed by atoms with Crippen LogP contribution in [0.4, 0.5) is 5.69 Å². The van der Waals surface area contributed by atoms with Gasteiger partial charge in [-0.2, -0.15) is 0 Å². The smallest absolute Gasteiger partial charge is 0.187 e. The number of rotatable bonds is 3. The lowest BCUT2D eigenvalue weighted by atomic mass is 10.1. The van der Waals surface area contributed by atoms with E-state index in [2.05, 4.69) is 11.5 Å². The molecular formula is C15H19NO. The van der Waals surface area contributed by atoms with E-state index in [0.717, 1.165) is 24.3 Å². The van der Waals surface area contributed by atoms with Gasteiger partial charge < -0.3 is 4.90 Å². The van der Waals surface area contributed by atoms with Crippen LogP contribution in [-0.4, -0.2) is 18.9 Å². The molecule has 1 heterocycles. The third kappa shape index (κ3) is 2.76. The lowest BCUT2D eigenvalue weighted by Crippen LogP contribution is -2.25. The van der Waals surface area contributed by atoms with Crippen LogP contribution in [0, 0.1) is 0 Å². The lowest BCUT2D eigenvalue weighted by molar-refractivity contribution is 0.104. The Morgan fingerprint density at radius 2 is 1.76 bits per heavy atom. The van der Waals surface area contributed by atoms with Crippen molar-refractivity contribution in [3.63, 3.8) is 0 Å². The van der Waals surface area contributed by atoms with Crippen molar-refractivity contribution in [2.45, 2.75) is 25.7 Å². The zero-order valence-corrected chi connectivity index (χ0v) is 10.2. The van der Waals surface area contributed by atoms with Crippen molar-refractivity contribution in [2.24, 2.45) is 0 Å². The fraction of sp³-hybridized carbons (Fsp3) is 0.400. The van der Waals surface area contributed by atoms with Crippen LogP contribution in [-0.2, 0) is 0 Å². The monoisotopic (exact) mass is 229 g/mol. The number of hydrogen-bond acceptors (Lipinski definition) is 2. The number of benzene rings is 1. The van der Waals surface area contributed by atoms with Gasteiger partial charge in [0.2, 0.25) is 0 Å². The Balaban J connectivity index is 2.29. The van der Waals surface area contributed by atoms with E-state index in [1.165, 1.54) is 31.8 Å². The molecule has 0 bridgehead atoms. The molecule has 1 aromatic carbocycles. The van der Waals surface area contributed by atoms with E-state index in [-0.39, 0.29) is 5.78 Å². The molecule has 0 amide bonds. The van der Waals surface area contributed by atoms with Crippen LogP contribution in [0.1, 0.15) is 36.0 Å². The Hall–Kier alpha value is -1.57. The van der Waals surface area contributed by atoms with Crippen LogP contribution >= 0.6 is 0 Å². The summed E-state index contributed by atoms with van der Waals surface area (Å²) in [7, 11) is 0. The van der Waals surface area contributed by atoms with Crippen molar-refractivity contribution < 1.29 is 4.79 Å². The standard InChI is InChI=1S/C15H19NO/c1-2-15(17)13-9-5-6-10-14(13)16-11-7-3-4-8-12-16/h2,5-6,9-10H,1,3-4,7-8,11-12H2. The van der Waals surface area contributed by atoms with Gasteiger partial charge in [-0.15, -0.1) is 0 Å². The van der Waals surface area contributed by atoms with Crippen LogP contribution in [0.25, 0.3) is 0 Å². The Bertz CT molecular complexity index is 403. The van der Waals surface area contributed by atoms with Gasteiger partial charge >= 0.3 is 0 Å². The molecule has 1 saturated heterocycles. The normalized spacial score (nSPS) is 16.4. The summed E-state index contributed by atoms with van der Waals surface area (Å²) in [6.45, 7) is 5.69. The molecule has 0 radical (unpaired) electrons. The first-order valence-corrected chi connectivity index (χ1v) is 6.33. The molecule has 0 N–H and O–H groups in total. The molecule has 0 aromatic heterocycles. The Morgan fingerprint density at radius 3 is 2.41 bits per heavy atom. The minimum Gasteiger partial charge on any atom is -0.371 e. The highest BCUT2D eigenvalue weighted by Gasteiger charge is 2.15. The SMILES string of the molecule is C=CC(=O)c1ccccc1N1CCCCCC1. The number of para-hydroxylation sites is 1. The first-order chi connectivity index (χ1) is 8.33. The number of anilines is 1. The second-order valence-corrected chi connectivity index (χ2v) is 4.49. The van der Waals surface area contributed by atoms with E-state index in [4.69, 9.17) is 0 Å². The molecule has 2 heteroatoms. The number of hydrogen-bond donors (Lipinski definition) is 0. The highest BCUT2D eigenvalue weighted by molar-refractivity contribution is 6.08. The van der Waals surface area contributed by atoms with E-state index >= 15 is 0 Å². The van der Waals surface area contributed by atoms with E-state index < -0.39 is 0 Å². The molecule has 0 atom stereocenters. The highest BCUT2D eigenvalue weighted by atomic mass is 16.1. The predicted octanol–water partition coefficient (Wildman–Crippen LogP) is 3.44. The van der Waals surface area contributed by atoms with Gasteiger partial charge in [0.25, 0.3) is 0 Å². The minimum absolute atomic E-state index is 0.0184. The summed E-state index contributed by atoms with van der Waals surface area (Å²) in [4.78, 5) is 14.2. The quantitative estimate of drug-likeness (QED) is 0.584. The number of ketones is 1. The zero-order valence-electron chi connectivity index (χ0n) is 10.2. The third-order valence-electron chi connectivity index (χ3n) is 3.30. The minimum atomic E-state index is 0.0184. The summed E-state index contributed by atoms with van der Waals surface area (Å²) in [6, 6.07) is 7.85. The predicted molar refractivity (Wildman–Crippen MR) is 71.7 cm³/mol. The molecule has 1 fully saturated rings. The third-order valence-corrected chi connectivity index (χ3v) is 3.30. The zero-order chi connectivity index (χ0) is 12.1. The first-order valence-electron chi connectivity index (χ1n) is 6.33. The second kappa shape index (κ2) is 5.67. The fourth-order valence-corrected chi connectivity index (χ4v) is 2.38. The van der Waals surface area contributed by atoms with Gasteiger partial charge in [0, 0.05) is 24.3 Å². The first kappa shape index (κ1) is 11.9. The van der Waals surface area contributed by atoms with Crippen LogP contribution in [0.2, 0.25) is 0 Å². The van der Waals surface area contributed by atoms with Crippen LogP contribution in [0.3, 0.4) is 0 Å². The molecule has 0 spiro atoms. The Labute approximate surface area is 103 Å². The average molecular weight is 229 g/mol. The molecule has 0 saturated carbocycles. The molecule has 1 aliphatic heterocycles. The average Bonchev–Trinajstić information content (AvgIpc) is 2.66. The van der Waals surface area contributed by atoms with Crippen molar-refractivity contribution in [3.8, 4) is 0 Å². The number of allylic oxidation sites excluding steroid dienone is 1. The van der Waals surface area contributed by atoms with Crippen LogP contribution in [0.5, 0.6) is 0 Å². The summed E-state index contributed by atoms with van der Waals surface area (Å²) in [6.07, 6.45) is 6.44. The van der Waals surface area contributed by atoms with Gasteiger partial charge in [-0.05, 0) is 31.1 Å². The van der Waals surface area contributed by atoms with Crippen LogP contribution in [0.15, 0.2) is 36.9 Å². The highest BCUT2D eigenvalue weighted by Crippen LogP contribution is 2.24. The molecule has 2 rings (SSSR count). The number of carbonyl (C=O) groups is 1. The summed E-state index contributed by atoms with van der Waals surface area (Å²) < 4.78 is 0. The van der Waals surface area contributed by atoms with Crippen molar-refractivity contribution in [1.29, 1.82) is 0 Å². The van der Waals surface area contributed by atoms with Gasteiger partial charge in [0.05, 0.1) is 0 Å². The lowest BCUT2D eigenvalue weighted by Gasteiger charge is -2.24.